The average molecular weight is 339 g/mol. The van der Waals surface area contributed by atoms with Gasteiger partial charge < -0.3 is 4.79 Å². The first-order valence-corrected chi connectivity index (χ1v) is 9.97. The first-order valence-electron chi connectivity index (χ1n) is 9.16. The molecule has 2 aromatic carbocycles. The number of carbonyl (C=O) groups is 1. The van der Waals surface area contributed by atoms with Crippen LogP contribution in [0, 0.1) is 0 Å². The third-order valence-electron chi connectivity index (χ3n) is 4.81. The first-order chi connectivity index (χ1) is 11.8. The zero-order valence-electron chi connectivity index (χ0n) is 14.7. The van der Waals surface area contributed by atoms with E-state index in [1.807, 2.05) is 17.8 Å². The second-order valence-electron chi connectivity index (χ2n) is 6.63. The largest absolute Gasteiger partial charge is 0.302 e. The second kappa shape index (κ2) is 8.02. The van der Waals surface area contributed by atoms with Gasteiger partial charge in [-0.15, -0.1) is 0 Å². The number of fused-ring (bicyclic) bond motifs is 2. The van der Waals surface area contributed by atoms with Crippen LogP contribution in [-0.4, -0.2) is 6.29 Å². The van der Waals surface area contributed by atoms with E-state index in [9.17, 15) is 4.79 Å². The Labute approximate surface area is 149 Å². The molecule has 2 heteroatoms. The van der Waals surface area contributed by atoms with Gasteiger partial charge in [-0.05, 0) is 54.0 Å². The van der Waals surface area contributed by atoms with Crippen molar-refractivity contribution in [3.05, 3.63) is 58.7 Å². The molecular weight excluding hydrogens is 312 g/mol. The van der Waals surface area contributed by atoms with E-state index in [1.165, 1.54) is 57.7 Å². The summed E-state index contributed by atoms with van der Waals surface area (Å²) < 4.78 is 0. The molecule has 0 saturated carbocycles. The van der Waals surface area contributed by atoms with Gasteiger partial charge in [0.25, 0.3) is 0 Å². The first kappa shape index (κ1) is 17.3. The molecule has 1 aliphatic rings. The minimum Gasteiger partial charge on any atom is -0.302 e. The van der Waals surface area contributed by atoms with Crippen LogP contribution in [0.2, 0.25) is 0 Å². The van der Waals surface area contributed by atoms with E-state index in [0.717, 1.165) is 19.1 Å². The van der Waals surface area contributed by atoms with Gasteiger partial charge >= 0.3 is 0 Å². The normalized spacial score (nSPS) is 15.7. The maximum absolute atomic E-state index is 11.9. The Hall–Kier alpha value is -1.54. The molecule has 1 nitrogen and oxygen atoms in total. The van der Waals surface area contributed by atoms with Crippen molar-refractivity contribution in [2.75, 3.05) is 0 Å². The van der Waals surface area contributed by atoms with Crippen molar-refractivity contribution in [3.63, 3.8) is 0 Å². The van der Waals surface area contributed by atoms with E-state index in [2.05, 4.69) is 44.2 Å². The number of rotatable bonds is 7. The minimum atomic E-state index is -0.112. The molecule has 0 bridgehead atoms. The maximum Gasteiger partial charge on any atom is 0.131 e. The van der Waals surface area contributed by atoms with E-state index in [1.54, 1.807) is 0 Å². The van der Waals surface area contributed by atoms with Crippen molar-refractivity contribution in [3.8, 4) is 0 Å². The summed E-state index contributed by atoms with van der Waals surface area (Å²) in [5.74, 6) is -0.112. The van der Waals surface area contributed by atoms with Gasteiger partial charge in [-0.25, -0.2) is 0 Å². The lowest BCUT2D eigenvalue weighted by molar-refractivity contribution is -0.108. The monoisotopic (exact) mass is 338 g/mol. The van der Waals surface area contributed by atoms with Crippen LogP contribution in [0.3, 0.4) is 0 Å². The van der Waals surface area contributed by atoms with Crippen LogP contribution in [0.1, 0.15) is 67.7 Å². The number of hydrogen-bond acceptors (Lipinski definition) is 2. The number of unbranched alkanes of at least 4 members (excludes halogenated alkanes) is 2. The lowest BCUT2D eigenvalue weighted by Crippen LogP contribution is -2.12. The molecule has 126 valence electrons. The lowest BCUT2D eigenvalue weighted by atomic mass is 9.88. The van der Waals surface area contributed by atoms with Gasteiger partial charge in [0.05, 0.1) is 5.92 Å². The lowest BCUT2D eigenvalue weighted by Gasteiger charge is -2.27. The standard InChI is InChI=1S/C22H26OS/c1-3-5-9-16-13-17(10-6-4-2)22-19(14-16)20(15-23)18-11-7-8-12-21(18)24-22/h7-8,11-15,20H,3-6,9-10H2,1-2H3. The van der Waals surface area contributed by atoms with Gasteiger partial charge in [0, 0.05) is 9.79 Å². The Morgan fingerprint density at radius 2 is 1.75 bits per heavy atom. The quantitative estimate of drug-likeness (QED) is 0.562. The molecule has 0 radical (unpaired) electrons. The molecule has 0 fully saturated rings. The molecule has 1 heterocycles. The van der Waals surface area contributed by atoms with Crippen LogP contribution in [0.15, 0.2) is 46.2 Å². The number of aryl methyl sites for hydroxylation is 2. The third kappa shape index (κ3) is 3.44. The van der Waals surface area contributed by atoms with Gasteiger partial charge in [0.15, 0.2) is 0 Å². The van der Waals surface area contributed by atoms with Gasteiger partial charge in [-0.3, -0.25) is 0 Å². The van der Waals surface area contributed by atoms with E-state index in [4.69, 9.17) is 0 Å². The highest BCUT2D eigenvalue weighted by atomic mass is 32.2. The fraction of sp³-hybridized carbons (Fsp3) is 0.409. The summed E-state index contributed by atoms with van der Waals surface area (Å²) in [6, 6.07) is 13.1. The Kier molecular flexibility index (Phi) is 5.78. The maximum atomic E-state index is 11.9. The molecule has 0 aliphatic carbocycles. The number of benzene rings is 2. The Morgan fingerprint density at radius 3 is 2.50 bits per heavy atom. The topological polar surface area (TPSA) is 17.1 Å². The zero-order valence-corrected chi connectivity index (χ0v) is 15.5. The van der Waals surface area contributed by atoms with E-state index in [0.29, 0.717) is 0 Å². The summed E-state index contributed by atoms with van der Waals surface area (Å²) >= 11 is 1.85. The highest BCUT2D eigenvalue weighted by Gasteiger charge is 2.27. The van der Waals surface area contributed by atoms with Crippen LogP contribution >= 0.6 is 11.8 Å². The molecule has 1 unspecified atom stereocenters. The van der Waals surface area contributed by atoms with E-state index >= 15 is 0 Å². The van der Waals surface area contributed by atoms with Crippen LogP contribution in [0.4, 0.5) is 0 Å². The molecule has 0 amide bonds. The predicted molar refractivity (Wildman–Crippen MR) is 102 cm³/mol. The molecule has 24 heavy (non-hydrogen) atoms. The molecular formula is C22H26OS. The summed E-state index contributed by atoms with van der Waals surface area (Å²) in [6.07, 6.45) is 8.17. The summed E-state index contributed by atoms with van der Waals surface area (Å²) in [5, 5.41) is 0. The molecule has 0 N–H and O–H groups in total. The van der Waals surface area contributed by atoms with Crippen molar-refractivity contribution in [2.24, 2.45) is 0 Å². The summed E-state index contributed by atoms with van der Waals surface area (Å²) in [6.45, 7) is 4.47. The van der Waals surface area contributed by atoms with Crippen molar-refractivity contribution >= 4 is 18.0 Å². The van der Waals surface area contributed by atoms with Crippen LogP contribution in [0.5, 0.6) is 0 Å². The van der Waals surface area contributed by atoms with Gasteiger partial charge in [-0.1, -0.05) is 68.8 Å². The Bertz CT molecular complexity index is 720. The summed E-state index contributed by atoms with van der Waals surface area (Å²) in [5.41, 5.74) is 5.23. The summed E-state index contributed by atoms with van der Waals surface area (Å²) in [7, 11) is 0. The number of aldehydes is 1. The zero-order chi connectivity index (χ0) is 16.9. The van der Waals surface area contributed by atoms with Gasteiger partial charge in [0.2, 0.25) is 0 Å². The van der Waals surface area contributed by atoms with Gasteiger partial charge in [0.1, 0.15) is 6.29 Å². The molecule has 1 aliphatic heterocycles. The Balaban J connectivity index is 2.08. The molecule has 1 atom stereocenters. The van der Waals surface area contributed by atoms with Crippen LogP contribution < -0.4 is 0 Å². The number of hydrogen-bond donors (Lipinski definition) is 0. The molecule has 0 saturated heterocycles. The van der Waals surface area contributed by atoms with Crippen LogP contribution in [0.25, 0.3) is 0 Å². The SMILES string of the molecule is CCCCc1cc(CCCC)c2c(c1)C(C=O)c1ccccc1S2. The molecule has 0 spiro atoms. The minimum absolute atomic E-state index is 0.112. The van der Waals surface area contributed by atoms with Crippen molar-refractivity contribution < 1.29 is 4.79 Å². The third-order valence-corrected chi connectivity index (χ3v) is 6.10. The smallest absolute Gasteiger partial charge is 0.131 e. The summed E-state index contributed by atoms with van der Waals surface area (Å²) in [4.78, 5) is 14.5. The van der Waals surface area contributed by atoms with E-state index in [-0.39, 0.29) is 5.92 Å². The molecule has 3 rings (SSSR count). The Morgan fingerprint density at radius 1 is 1.00 bits per heavy atom. The fourth-order valence-electron chi connectivity index (χ4n) is 3.47. The highest BCUT2D eigenvalue weighted by Crippen LogP contribution is 2.47. The van der Waals surface area contributed by atoms with E-state index < -0.39 is 0 Å². The average Bonchev–Trinajstić information content (AvgIpc) is 2.62. The van der Waals surface area contributed by atoms with Crippen molar-refractivity contribution in [1.82, 2.24) is 0 Å². The van der Waals surface area contributed by atoms with Gasteiger partial charge in [-0.2, -0.15) is 0 Å². The fourth-order valence-corrected chi connectivity index (χ4v) is 4.75. The molecule has 0 aromatic heterocycles. The van der Waals surface area contributed by atoms with Crippen LogP contribution in [-0.2, 0) is 17.6 Å². The molecule has 2 aromatic rings. The number of carbonyl (C=O) groups excluding carboxylic acids is 1. The second-order valence-corrected chi connectivity index (χ2v) is 7.69. The predicted octanol–water partition coefficient (Wildman–Crippen LogP) is 6.17. The highest BCUT2D eigenvalue weighted by molar-refractivity contribution is 7.99. The van der Waals surface area contributed by atoms with Crippen molar-refractivity contribution in [1.29, 1.82) is 0 Å². The van der Waals surface area contributed by atoms with Crippen molar-refractivity contribution in [2.45, 2.75) is 68.1 Å².